The van der Waals surface area contributed by atoms with Crippen LogP contribution in [0.5, 0.6) is 0 Å². The van der Waals surface area contributed by atoms with E-state index in [-0.39, 0.29) is 17.0 Å². The van der Waals surface area contributed by atoms with Gasteiger partial charge in [-0.05, 0) is 28.5 Å². The molecule has 0 heterocycles. The lowest BCUT2D eigenvalue weighted by molar-refractivity contribution is -0.139. The molecule has 0 unspecified atom stereocenters. The molecule has 0 spiro atoms. The maximum absolute atomic E-state index is 12.3. The minimum atomic E-state index is -1.09. The summed E-state index contributed by atoms with van der Waals surface area (Å²) in [5.74, 6) is -1.59. The van der Waals surface area contributed by atoms with E-state index in [2.05, 4.69) is 5.32 Å². The van der Waals surface area contributed by atoms with Gasteiger partial charge < -0.3 is 10.4 Å². The second-order valence-corrected chi connectivity index (χ2v) is 6.14. The van der Waals surface area contributed by atoms with Crippen molar-refractivity contribution in [3.8, 4) is 0 Å². The van der Waals surface area contributed by atoms with E-state index in [9.17, 15) is 14.7 Å². The molecule has 0 aromatic heterocycles. The van der Waals surface area contributed by atoms with Crippen LogP contribution in [0.3, 0.4) is 0 Å². The van der Waals surface area contributed by atoms with Crippen LogP contribution in [0.1, 0.15) is 15.9 Å². The molecule has 3 aromatic rings. The zero-order valence-corrected chi connectivity index (χ0v) is 14.0. The quantitative estimate of drug-likeness (QED) is 0.730. The van der Waals surface area contributed by atoms with E-state index >= 15 is 0 Å². The van der Waals surface area contributed by atoms with Gasteiger partial charge in [0.2, 0.25) is 0 Å². The topological polar surface area (TPSA) is 66.4 Å². The second kappa shape index (κ2) is 7.36. The molecule has 0 saturated carbocycles. The zero-order chi connectivity index (χ0) is 17.8. The van der Waals surface area contributed by atoms with Gasteiger partial charge in [0.1, 0.15) is 6.04 Å². The molecule has 5 heteroatoms. The summed E-state index contributed by atoms with van der Waals surface area (Å²) in [6.07, 6.45) is 0.191. The van der Waals surface area contributed by atoms with Crippen molar-refractivity contribution in [2.24, 2.45) is 0 Å². The highest BCUT2D eigenvalue weighted by Gasteiger charge is 2.22. The van der Waals surface area contributed by atoms with E-state index in [0.29, 0.717) is 0 Å². The highest BCUT2D eigenvalue weighted by molar-refractivity contribution is 6.33. The van der Waals surface area contributed by atoms with Gasteiger partial charge in [-0.15, -0.1) is 0 Å². The molecule has 1 amide bonds. The average Bonchev–Trinajstić information content (AvgIpc) is 2.61. The molecule has 3 aromatic carbocycles. The van der Waals surface area contributed by atoms with Crippen molar-refractivity contribution in [3.63, 3.8) is 0 Å². The first-order valence-electron chi connectivity index (χ1n) is 7.80. The smallest absolute Gasteiger partial charge is 0.326 e. The van der Waals surface area contributed by atoms with E-state index in [1.165, 1.54) is 0 Å². The van der Waals surface area contributed by atoms with E-state index in [4.69, 9.17) is 11.6 Å². The molecule has 0 aliphatic carbocycles. The van der Waals surface area contributed by atoms with E-state index < -0.39 is 17.9 Å². The zero-order valence-electron chi connectivity index (χ0n) is 13.3. The number of aliphatic carboxylic acids is 1. The van der Waals surface area contributed by atoms with Gasteiger partial charge in [-0.25, -0.2) is 4.79 Å². The van der Waals surface area contributed by atoms with E-state index in [1.807, 2.05) is 42.5 Å². The van der Waals surface area contributed by atoms with Crippen molar-refractivity contribution in [3.05, 3.63) is 82.9 Å². The third kappa shape index (κ3) is 3.98. The Morgan fingerprint density at radius 1 is 0.960 bits per heavy atom. The maximum atomic E-state index is 12.3. The summed E-state index contributed by atoms with van der Waals surface area (Å²) in [7, 11) is 0. The van der Waals surface area contributed by atoms with Crippen LogP contribution in [0.4, 0.5) is 0 Å². The number of fused-ring (bicyclic) bond motifs is 1. The molecule has 0 fully saturated rings. The van der Waals surface area contributed by atoms with Crippen LogP contribution in [-0.2, 0) is 11.2 Å². The summed E-state index contributed by atoms with van der Waals surface area (Å²) in [6.45, 7) is 0. The number of halogens is 1. The van der Waals surface area contributed by atoms with Gasteiger partial charge in [-0.3, -0.25) is 4.79 Å². The van der Waals surface area contributed by atoms with Crippen molar-refractivity contribution in [2.75, 3.05) is 0 Å². The lowest BCUT2D eigenvalue weighted by Gasteiger charge is -2.15. The van der Waals surface area contributed by atoms with Crippen molar-refractivity contribution in [1.29, 1.82) is 0 Å². The van der Waals surface area contributed by atoms with Crippen molar-refractivity contribution in [1.82, 2.24) is 5.32 Å². The Hall–Kier alpha value is -2.85. The van der Waals surface area contributed by atoms with Gasteiger partial charge >= 0.3 is 5.97 Å². The Balaban J connectivity index is 1.80. The number of hydrogen-bond acceptors (Lipinski definition) is 2. The first-order valence-corrected chi connectivity index (χ1v) is 8.18. The van der Waals surface area contributed by atoms with Gasteiger partial charge in [-0.1, -0.05) is 66.2 Å². The van der Waals surface area contributed by atoms with Crippen molar-refractivity contribution >= 4 is 34.2 Å². The van der Waals surface area contributed by atoms with Crippen LogP contribution in [0, 0.1) is 0 Å². The molecule has 0 radical (unpaired) electrons. The van der Waals surface area contributed by atoms with Crippen LogP contribution in [0.2, 0.25) is 5.02 Å². The molecule has 0 aliphatic rings. The molecule has 126 valence electrons. The summed E-state index contributed by atoms with van der Waals surface area (Å²) in [5, 5.41) is 14.4. The second-order valence-electron chi connectivity index (χ2n) is 5.73. The first kappa shape index (κ1) is 17.0. The van der Waals surface area contributed by atoms with E-state index in [1.54, 1.807) is 24.3 Å². The SMILES string of the molecule is O=C(N[C@H](Cc1ccc2ccccc2c1)C(=O)O)c1ccccc1Cl. The van der Waals surface area contributed by atoms with Crippen LogP contribution >= 0.6 is 11.6 Å². The number of hydrogen-bond donors (Lipinski definition) is 2. The molecule has 25 heavy (non-hydrogen) atoms. The Bertz CT molecular complexity index is 939. The lowest BCUT2D eigenvalue weighted by Crippen LogP contribution is -2.42. The number of benzene rings is 3. The Labute approximate surface area is 150 Å². The molecule has 4 nitrogen and oxygen atoms in total. The molecule has 1 atom stereocenters. The van der Waals surface area contributed by atoms with E-state index in [0.717, 1.165) is 16.3 Å². The normalized spacial score (nSPS) is 11.9. The van der Waals surface area contributed by atoms with Gasteiger partial charge in [0.25, 0.3) is 5.91 Å². The molecule has 3 rings (SSSR count). The fraction of sp³-hybridized carbons (Fsp3) is 0.100. The third-order valence-electron chi connectivity index (χ3n) is 3.98. The summed E-state index contributed by atoms with van der Waals surface area (Å²) in [4.78, 5) is 23.9. The summed E-state index contributed by atoms with van der Waals surface area (Å²) < 4.78 is 0. The van der Waals surface area contributed by atoms with Gasteiger partial charge in [0.15, 0.2) is 0 Å². The predicted molar refractivity (Wildman–Crippen MR) is 98.0 cm³/mol. The number of rotatable bonds is 5. The van der Waals surface area contributed by atoms with Crippen LogP contribution in [0.25, 0.3) is 10.8 Å². The van der Waals surface area contributed by atoms with Crippen LogP contribution in [-0.4, -0.2) is 23.0 Å². The molecule has 0 bridgehead atoms. The maximum Gasteiger partial charge on any atom is 0.326 e. The third-order valence-corrected chi connectivity index (χ3v) is 4.31. The number of carboxylic acids is 1. The van der Waals surface area contributed by atoms with Gasteiger partial charge in [0.05, 0.1) is 10.6 Å². The monoisotopic (exact) mass is 353 g/mol. The highest BCUT2D eigenvalue weighted by atomic mass is 35.5. The minimum absolute atomic E-state index is 0.191. The number of amides is 1. The highest BCUT2D eigenvalue weighted by Crippen LogP contribution is 2.18. The molecular formula is C20H16ClNO3. The number of carbonyl (C=O) groups is 2. The summed E-state index contributed by atoms with van der Waals surface area (Å²) in [6, 6.07) is 19.1. The summed E-state index contributed by atoms with van der Waals surface area (Å²) in [5.41, 5.74) is 1.10. The van der Waals surface area contributed by atoms with Crippen LogP contribution in [0.15, 0.2) is 66.7 Å². The van der Waals surface area contributed by atoms with Gasteiger partial charge in [-0.2, -0.15) is 0 Å². The lowest BCUT2D eigenvalue weighted by atomic mass is 10.0. The number of carboxylic acid groups (broad SMARTS) is 1. The predicted octanol–water partition coefficient (Wildman–Crippen LogP) is 3.92. The fourth-order valence-electron chi connectivity index (χ4n) is 2.68. The Morgan fingerprint density at radius 2 is 1.64 bits per heavy atom. The first-order chi connectivity index (χ1) is 12.0. The van der Waals surface area contributed by atoms with Crippen molar-refractivity contribution in [2.45, 2.75) is 12.5 Å². The Kier molecular flexibility index (Phi) is 5.00. The Morgan fingerprint density at radius 3 is 2.36 bits per heavy atom. The number of carbonyl (C=O) groups excluding carboxylic acids is 1. The van der Waals surface area contributed by atoms with Crippen LogP contribution < -0.4 is 5.32 Å². The number of nitrogens with one attached hydrogen (secondary N) is 1. The van der Waals surface area contributed by atoms with Crippen molar-refractivity contribution < 1.29 is 14.7 Å². The average molecular weight is 354 g/mol. The van der Waals surface area contributed by atoms with Gasteiger partial charge in [0, 0.05) is 6.42 Å². The fourth-order valence-corrected chi connectivity index (χ4v) is 2.90. The molecule has 2 N–H and O–H groups in total. The summed E-state index contributed by atoms with van der Waals surface area (Å²) >= 11 is 6.00. The minimum Gasteiger partial charge on any atom is -0.480 e. The largest absolute Gasteiger partial charge is 0.480 e. The molecule has 0 aliphatic heterocycles. The standard InChI is InChI=1S/C20H16ClNO3/c21-17-8-4-3-7-16(17)19(23)22-18(20(24)25)12-13-9-10-14-5-1-2-6-15(14)11-13/h1-11,18H,12H2,(H,22,23)(H,24,25)/t18-/m1/s1. The molecular weight excluding hydrogens is 338 g/mol. The molecule has 0 saturated heterocycles.